The van der Waals surface area contributed by atoms with Crippen molar-refractivity contribution in [2.24, 2.45) is 0 Å². The SMILES string of the molecule is CCC(C)N(CC(=O)O)C(=O)c1ncccc1NC(=O)OCC1c2ccccc2-c2ccccc21. The van der Waals surface area contributed by atoms with Gasteiger partial charge in [0.1, 0.15) is 13.2 Å². The van der Waals surface area contributed by atoms with E-state index in [1.54, 1.807) is 13.0 Å². The number of carboxylic acids is 1. The maximum atomic E-state index is 13.1. The number of fused-ring (bicyclic) bond motifs is 3. The van der Waals surface area contributed by atoms with Crippen LogP contribution in [0.5, 0.6) is 0 Å². The summed E-state index contributed by atoms with van der Waals surface area (Å²) in [5, 5.41) is 11.9. The lowest BCUT2D eigenvalue weighted by Crippen LogP contribution is -2.42. The van der Waals surface area contributed by atoms with Crippen molar-refractivity contribution in [3.63, 3.8) is 0 Å². The number of aromatic nitrogens is 1. The van der Waals surface area contributed by atoms with Gasteiger partial charge in [-0.1, -0.05) is 55.5 Å². The Balaban J connectivity index is 1.49. The van der Waals surface area contributed by atoms with Crippen LogP contribution >= 0.6 is 0 Å². The Morgan fingerprint density at radius 2 is 1.66 bits per heavy atom. The van der Waals surface area contributed by atoms with E-state index in [1.807, 2.05) is 43.3 Å². The average molecular weight is 474 g/mol. The lowest BCUT2D eigenvalue weighted by atomic mass is 9.98. The van der Waals surface area contributed by atoms with Gasteiger partial charge in [0.2, 0.25) is 0 Å². The minimum atomic E-state index is -1.12. The second-order valence-corrected chi connectivity index (χ2v) is 8.43. The molecule has 180 valence electrons. The van der Waals surface area contributed by atoms with Crippen LogP contribution in [-0.4, -0.2) is 52.2 Å². The molecule has 1 heterocycles. The third-order valence-electron chi connectivity index (χ3n) is 6.28. The molecule has 0 saturated heterocycles. The van der Waals surface area contributed by atoms with E-state index >= 15 is 0 Å². The fourth-order valence-electron chi connectivity index (χ4n) is 4.35. The number of carbonyl (C=O) groups excluding carboxylic acids is 2. The normalized spacial score (nSPS) is 12.9. The predicted octanol–water partition coefficient (Wildman–Crippen LogP) is 4.77. The molecule has 0 bridgehead atoms. The molecule has 0 radical (unpaired) electrons. The molecule has 8 nitrogen and oxygen atoms in total. The minimum Gasteiger partial charge on any atom is -0.480 e. The summed E-state index contributed by atoms with van der Waals surface area (Å²) in [6.07, 6.45) is 1.27. The summed E-state index contributed by atoms with van der Waals surface area (Å²) in [7, 11) is 0. The van der Waals surface area contributed by atoms with E-state index in [1.165, 1.54) is 17.2 Å². The smallest absolute Gasteiger partial charge is 0.411 e. The number of pyridine rings is 1. The van der Waals surface area contributed by atoms with Gasteiger partial charge in [-0.3, -0.25) is 14.9 Å². The summed E-state index contributed by atoms with van der Waals surface area (Å²) < 4.78 is 5.58. The van der Waals surface area contributed by atoms with Gasteiger partial charge in [0.05, 0.1) is 5.69 Å². The standard InChI is InChI=1S/C27H27N3O5/c1-3-17(2)30(15-24(31)32)26(33)25-23(13-8-14-28-25)29-27(34)35-16-22-20-11-6-4-9-18(20)19-10-5-7-12-21(19)22/h4-14,17,22H,3,15-16H2,1-2H3,(H,29,34)(H,31,32). The third-order valence-corrected chi connectivity index (χ3v) is 6.28. The minimum absolute atomic E-state index is 0.0393. The zero-order valence-corrected chi connectivity index (χ0v) is 19.6. The van der Waals surface area contributed by atoms with Crippen LogP contribution in [0.2, 0.25) is 0 Å². The molecule has 2 amide bonds. The second kappa shape index (κ2) is 10.4. The van der Waals surface area contributed by atoms with Crippen LogP contribution in [0, 0.1) is 0 Å². The Bertz CT molecular complexity index is 1210. The summed E-state index contributed by atoms with van der Waals surface area (Å²) in [5.74, 6) is -1.79. The largest absolute Gasteiger partial charge is 0.480 e. The summed E-state index contributed by atoms with van der Waals surface area (Å²) in [6, 6.07) is 18.9. The summed E-state index contributed by atoms with van der Waals surface area (Å²) in [6.45, 7) is 3.29. The van der Waals surface area contributed by atoms with Crippen molar-refractivity contribution in [3.8, 4) is 11.1 Å². The number of hydrogen-bond acceptors (Lipinski definition) is 5. The van der Waals surface area contributed by atoms with Gasteiger partial charge in [0.15, 0.2) is 5.69 Å². The predicted molar refractivity (Wildman–Crippen MR) is 131 cm³/mol. The fourth-order valence-corrected chi connectivity index (χ4v) is 4.35. The fraction of sp³-hybridized carbons (Fsp3) is 0.259. The van der Waals surface area contributed by atoms with Crippen LogP contribution < -0.4 is 5.32 Å². The first-order valence-electron chi connectivity index (χ1n) is 11.5. The number of nitrogens with zero attached hydrogens (tertiary/aromatic N) is 2. The molecule has 1 atom stereocenters. The first-order chi connectivity index (χ1) is 16.9. The first kappa shape index (κ1) is 23.9. The summed E-state index contributed by atoms with van der Waals surface area (Å²) >= 11 is 0. The van der Waals surface area contributed by atoms with Crippen LogP contribution in [0.25, 0.3) is 11.1 Å². The van der Waals surface area contributed by atoms with E-state index < -0.39 is 24.5 Å². The quantitative estimate of drug-likeness (QED) is 0.488. The van der Waals surface area contributed by atoms with Crippen molar-refractivity contribution in [1.29, 1.82) is 0 Å². The molecule has 0 fully saturated rings. The van der Waals surface area contributed by atoms with Crippen molar-refractivity contribution in [1.82, 2.24) is 9.88 Å². The molecule has 4 rings (SSSR count). The van der Waals surface area contributed by atoms with Gasteiger partial charge in [-0.15, -0.1) is 0 Å². The second-order valence-electron chi connectivity index (χ2n) is 8.43. The molecule has 8 heteroatoms. The highest BCUT2D eigenvalue weighted by atomic mass is 16.5. The van der Waals surface area contributed by atoms with Gasteiger partial charge in [-0.25, -0.2) is 9.78 Å². The van der Waals surface area contributed by atoms with Crippen molar-refractivity contribution in [2.75, 3.05) is 18.5 Å². The van der Waals surface area contributed by atoms with E-state index in [-0.39, 0.29) is 29.9 Å². The van der Waals surface area contributed by atoms with Crippen LogP contribution in [0.4, 0.5) is 10.5 Å². The number of carbonyl (C=O) groups is 3. The molecule has 35 heavy (non-hydrogen) atoms. The van der Waals surface area contributed by atoms with Gasteiger partial charge in [-0.2, -0.15) is 0 Å². The molecule has 0 saturated carbocycles. The molecule has 2 N–H and O–H groups in total. The molecular formula is C27H27N3O5. The molecule has 1 aliphatic rings. The van der Waals surface area contributed by atoms with Gasteiger partial charge in [0.25, 0.3) is 5.91 Å². The van der Waals surface area contributed by atoms with Crippen LogP contribution in [0.3, 0.4) is 0 Å². The van der Waals surface area contributed by atoms with Gasteiger partial charge in [0, 0.05) is 18.2 Å². The molecule has 0 aliphatic heterocycles. The topological polar surface area (TPSA) is 109 Å². The van der Waals surface area contributed by atoms with E-state index in [2.05, 4.69) is 22.4 Å². The summed E-state index contributed by atoms with van der Waals surface area (Å²) in [5.41, 5.74) is 4.56. The van der Waals surface area contributed by atoms with Crippen LogP contribution in [0.15, 0.2) is 66.9 Å². The Labute approximate surface area is 203 Å². The number of aliphatic carboxylic acids is 1. The molecule has 1 unspecified atom stereocenters. The lowest BCUT2D eigenvalue weighted by molar-refractivity contribution is -0.138. The molecular weight excluding hydrogens is 446 g/mol. The number of anilines is 1. The molecule has 1 aliphatic carbocycles. The van der Waals surface area contributed by atoms with Gasteiger partial charge >= 0.3 is 12.1 Å². The van der Waals surface area contributed by atoms with E-state index in [9.17, 15) is 19.5 Å². The van der Waals surface area contributed by atoms with Crippen LogP contribution in [-0.2, 0) is 9.53 Å². The van der Waals surface area contributed by atoms with Crippen molar-refractivity contribution in [3.05, 3.63) is 83.7 Å². The molecule has 1 aromatic heterocycles. The Hall–Kier alpha value is -4.20. The van der Waals surface area contributed by atoms with E-state index in [0.29, 0.717) is 6.42 Å². The first-order valence-corrected chi connectivity index (χ1v) is 11.5. The van der Waals surface area contributed by atoms with E-state index in [4.69, 9.17) is 4.74 Å². The zero-order valence-electron chi connectivity index (χ0n) is 19.6. The number of nitrogens with one attached hydrogen (secondary N) is 1. The van der Waals surface area contributed by atoms with Crippen molar-refractivity contribution >= 4 is 23.7 Å². The Morgan fingerprint density at radius 1 is 1.03 bits per heavy atom. The van der Waals surface area contributed by atoms with E-state index in [0.717, 1.165) is 22.3 Å². The lowest BCUT2D eigenvalue weighted by Gasteiger charge is -2.27. The highest BCUT2D eigenvalue weighted by Gasteiger charge is 2.30. The number of amides is 2. The van der Waals surface area contributed by atoms with Gasteiger partial charge < -0.3 is 14.7 Å². The molecule has 2 aromatic carbocycles. The zero-order chi connectivity index (χ0) is 24.9. The van der Waals surface area contributed by atoms with Gasteiger partial charge in [-0.05, 0) is 47.7 Å². The monoisotopic (exact) mass is 473 g/mol. The van der Waals surface area contributed by atoms with Crippen molar-refractivity contribution in [2.45, 2.75) is 32.2 Å². The average Bonchev–Trinajstić information content (AvgIpc) is 3.19. The Morgan fingerprint density at radius 3 is 2.26 bits per heavy atom. The molecule has 0 spiro atoms. The highest BCUT2D eigenvalue weighted by molar-refractivity contribution is 6.02. The maximum Gasteiger partial charge on any atom is 0.411 e. The van der Waals surface area contributed by atoms with Crippen LogP contribution in [0.1, 0.15) is 47.8 Å². The number of ether oxygens (including phenoxy) is 1. The number of hydrogen-bond donors (Lipinski definition) is 2. The number of benzene rings is 2. The number of carboxylic acid groups (broad SMARTS) is 1. The third kappa shape index (κ3) is 5.01. The van der Waals surface area contributed by atoms with Crippen molar-refractivity contribution < 1.29 is 24.2 Å². The maximum absolute atomic E-state index is 13.1. The number of rotatable bonds is 8. The summed E-state index contributed by atoms with van der Waals surface area (Å²) in [4.78, 5) is 42.5. The Kier molecular flexibility index (Phi) is 7.10. The molecule has 3 aromatic rings. The highest BCUT2D eigenvalue weighted by Crippen LogP contribution is 2.44.